The van der Waals surface area contributed by atoms with Crippen LogP contribution in [0, 0.1) is 0 Å². The molecule has 152 valence electrons. The van der Waals surface area contributed by atoms with Crippen molar-refractivity contribution >= 4 is 40.5 Å². The van der Waals surface area contributed by atoms with Gasteiger partial charge in [0.25, 0.3) is 0 Å². The zero-order valence-corrected chi connectivity index (χ0v) is 18.2. The number of carbonyl (C=O) groups is 1. The van der Waals surface area contributed by atoms with Gasteiger partial charge in [-0.05, 0) is 57.1 Å². The number of nitrogens with zero attached hydrogens (tertiary/aromatic N) is 1. The number of para-hydroxylation sites is 3. The van der Waals surface area contributed by atoms with Gasteiger partial charge in [0.1, 0.15) is 0 Å². The van der Waals surface area contributed by atoms with Crippen LogP contribution in [-0.2, 0) is 4.79 Å². The van der Waals surface area contributed by atoms with Gasteiger partial charge in [0.2, 0.25) is 0 Å². The van der Waals surface area contributed by atoms with E-state index in [0.717, 1.165) is 25.9 Å². The third kappa shape index (κ3) is 6.40. The fourth-order valence-corrected chi connectivity index (χ4v) is 3.56. The fourth-order valence-electron chi connectivity index (χ4n) is 3.07. The maximum absolute atomic E-state index is 12.5. The van der Waals surface area contributed by atoms with Crippen molar-refractivity contribution in [2.75, 3.05) is 18.4 Å². The van der Waals surface area contributed by atoms with Gasteiger partial charge in [0, 0.05) is 6.04 Å². The van der Waals surface area contributed by atoms with Crippen LogP contribution in [0.2, 0.25) is 10.0 Å². The van der Waals surface area contributed by atoms with Gasteiger partial charge in [-0.25, -0.2) is 0 Å². The molecule has 2 rings (SSSR count). The predicted molar refractivity (Wildman–Crippen MR) is 118 cm³/mol. The molecule has 1 N–H and O–H groups in total. The molecule has 4 nitrogen and oxygen atoms in total. The van der Waals surface area contributed by atoms with E-state index in [4.69, 9.17) is 27.9 Å². The van der Waals surface area contributed by atoms with Gasteiger partial charge in [0.05, 0.1) is 27.8 Å². The summed E-state index contributed by atoms with van der Waals surface area (Å²) < 4.78 is 5.66. The molecule has 0 spiro atoms. The summed E-state index contributed by atoms with van der Waals surface area (Å²) >= 11 is 12.5. The van der Waals surface area contributed by atoms with Gasteiger partial charge in [-0.2, -0.15) is 0 Å². The lowest BCUT2D eigenvalue weighted by Crippen LogP contribution is -2.36. The van der Waals surface area contributed by atoms with Gasteiger partial charge >= 0.3 is 5.97 Å². The van der Waals surface area contributed by atoms with E-state index in [1.54, 1.807) is 24.3 Å². The smallest absolute Gasteiger partial charge is 0.312 e. The van der Waals surface area contributed by atoms with Crippen LogP contribution in [0.25, 0.3) is 0 Å². The number of rotatable bonds is 10. The molecule has 2 aromatic rings. The molecule has 0 aliphatic carbocycles. The van der Waals surface area contributed by atoms with Crippen molar-refractivity contribution in [2.24, 2.45) is 0 Å². The lowest BCUT2D eigenvalue weighted by atomic mass is 10.2. The Morgan fingerprint density at radius 1 is 1.04 bits per heavy atom. The number of esters is 1. The first-order valence-corrected chi connectivity index (χ1v) is 10.5. The second-order valence-corrected chi connectivity index (χ2v) is 7.60. The third-order valence-electron chi connectivity index (χ3n) is 4.44. The normalized spacial score (nSPS) is 12.1. The summed E-state index contributed by atoms with van der Waals surface area (Å²) in [7, 11) is 0. The highest BCUT2D eigenvalue weighted by Crippen LogP contribution is 2.35. The second kappa shape index (κ2) is 11.3. The molecule has 0 bridgehead atoms. The molecule has 1 atom stereocenters. The highest BCUT2D eigenvalue weighted by Gasteiger charge is 2.18. The average molecular weight is 423 g/mol. The highest BCUT2D eigenvalue weighted by molar-refractivity contribution is 6.39. The first-order valence-electron chi connectivity index (χ1n) is 9.71. The predicted octanol–water partition coefficient (Wildman–Crippen LogP) is 6.54. The minimum Gasteiger partial charge on any atom is -0.424 e. The molecule has 0 saturated carbocycles. The van der Waals surface area contributed by atoms with Gasteiger partial charge in [-0.3, -0.25) is 4.79 Å². The Bertz CT molecular complexity index is 757. The van der Waals surface area contributed by atoms with E-state index < -0.39 is 0 Å². The minimum atomic E-state index is -0.260. The van der Waals surface area contributed by atoms with Gasteiger partial charge in [-0.15, -0.1) is 0 Å². The monoisotopic (exact) mass is 422 g/mol. The Balaban J connectivity index is 2.09. The summed E-state index contributed by atoms with van der Waals surface area (Å²) in [5, 5.41) is 4.17. The molecular formula is C22H28Cl2N2O2. The van der Waals surface area contributed by atoms with Crippen molar-refractivity contribution in [3.05, 3.63) is 52.5 Å². The summed E-state index contributed by atoms with van der Waals surface area (Å²) in [4.78, 5) is 14.9. The summed E-state index contributed by atoms with van der Waals surface area (Å²) in [6.45, 7) is 8.32. The number of hydrogen-bond acceptors (Lipinski definition) is 4. The standard InChI is InChI=1S/C22H28Cl2N2O2/c1-4-13-26(14-5-2)16(3)15-21(27)28-20-12-7-6-11-19(20)25-22-17(23)9-8-10-18(22)24/h6-12,16,25H,4-5,13-15H2,1-3H3. The molecule has 0 heterocycles. The Morgan fingerprint density at radius 2 is 1.64 bits per heavy atom. The Morgan fingerprint density at radius 3 is 2.25 bits per heavy atom. The largest absolute Gasteiger partial charge is 0.424 e. The van der Waals surface area contributed by atoms with Crippen molar-refractivity contribution in [1.82, 2.24) is 4.90 Å². The molecule has 0 fully saturated rings. The zero-order valence-electron chi connectivity index (χ0n) is 16.7. The van der Waals surface area contributed by atoms with Crippen LogP contribution < -0.4 is 10.1 Å². The zero-order chi connectivity index (χ0) is 20.5. The van der Waals surface area contributed by atoms with E-state index in [2.05, 4.69) is 31.0 Å². The lowest BCUT2D eigenvalue weighted by Gasteiger charge is -2.27. The molecule has 2 aromatic carbocycles. The van der Waals surface area contributed by atoms with Crippen LogP contribution in [0.3, 0.4) is 0 Å². The average Bonchev–Trinajstić information content (AvgIpc) is 2.66. The first kappa shape index (κ1) is 22.5. The number of ether oxygens (including phenoxy) is 1. The van der Waals surface area contributed by atoms with Gasteiger partial charge in [0.15, 0.2) is 5.75 Å². The highest BCUT2D eigenvalue weighted by atomic mass is 35.5. The van der Waals surface area contributed by atoms with Crippen LogP contribution >= 0.6 is 23.2 Å². The molecule has 1 unspecified atom stereocenters. The molecule has 0 aliphatic rings. The third-order valence-corrected chi connectivity index (χ3v) is 5.07. The van der Waals surface area contributed by atoms with Gasteiger partial charge < -0.3 is 15.0 Å². The summed E-state index contributed by atoms with van der Waals surface area (Å²) in [6, 6.07) is 12.7. The molecule has 0 radical (unpaired) electrons. The van der Waals surface area contributed by atoms with Crippen LogP contribution in [-0.4, -0.2) is 30.0 Å². The van der Waals surface area contributed by atoms with E-state index in [9.17, 15) is 4.79 Å². The molecule has 0 saturated heterocycles. The van der Waals surface area contributed by atoms with E-state index >= 15 is 0 Å². The number of nitrogens with one attached hydrogen (secondary N) is 1. The number of benzene rings is 2. The molecule has 0 amide bonds. The lowest BCUT2D eigenvalue weighted by molar-refractivity contribution is -0.135. The van der Waals surface area contributed by atoms with E-state index in [-0.39, 0.29) is 12.0 Å². The van der Waals surface area contributed by atoms with E-state index in [1.165, 1.54) is 0 Å². The van der Waals surface area contributed by atoms with Gasteiger partial charge in [-0.1, -0.05) is 55.2 Å². The Labute approximate surface area is 177 Å². The minimum absolute atomic E-state index is 0.130. The van der Waals surface area contributed by atoms with Crippen LogP contribution in [0.1, 0.15) is 40.0 Å². The summed E-state index contributed by atoms with van der Waals surface area (Å²) in [5.74, 6) is 0.192. The van der Waals surface area contributed by atoms with Crippen LogP contribution in [0.15, 0.2) is 42.5 Å². The summed E-state index contributed by atoms with van der Waals surface area (Å²) in [6.07, 6.45) is 2.46. The van der Waals surface area contributed by atoms with Crippen LogP contribution in [0.4, 0.5) is 11.4 Å². The fraction of sp³-hybridized carbons (Fsp3) is 0.409. The number of carbonyl (C=O) groups excluding carboxylic acids is 1. The molecular weight excluding hydrogens is 395 g/mol. The molecule has 6 heteroatoms. The number of halogens is 2. The van der Waals surface area contributed by atoms with Crippen molar-refractivity contribution in [3.8, 4) is 5.75 Å². The van der Waals surface area contributed by atoms with Crippen molar-refractivity contribution in [3.63, 3.8) is 0 Å². The summed E-state index contributed by atoms with van der Waals surface area (Å²) in [5.41, 5.74) is 1.22. The topological polar surface area (TPSA) is 41.6 Å². The maximum atomic E-state index is 12.5. The molecule has 0 aliphatic heterocycles. The van der Waals surface area contributed by atoms with Crippen molar-refractivity contribution < 1.29 is 9.53 Å². The molecule has 0 aromatic heterocycles. The van der Waals surface area contributed by atoms with E-state index in [0.29, 0.717) is 33.6 Å². The Hall–Kier alpha value is -1.75. The number of anilines is 2. The van der Waals surface area contributed by atoms with Crippen LogP contribution in [0.5, 0.6) is 5.75 Å². The SMILES string of the molecule is CCCN(CCC)C(C)CC(=O)Oc1ccccc1Nc1c(Cl)cccc1Cl. The maximum Gasteiger partial charge on any atom is 0.312 e. The van der Waals surface area contributed by atoms with Crippen molar-refractivity contribution in [2.45, 2.75) is 46.1 Å². The van der Waals surface area contributed by atoms with E-state index in [1.807, 2.05) is 18.2 Å². The number of hydrogen-bond donors (Lipinski definition) is 1. The molecule has 28 heavy (non-hydrogen) atoms. The quantitative estimate of drug-likeness (QED) is 0.348. The Kier molecular flexibility index (Phi) is 9.10. The second-order valence-electron chi connectivity index (χ2n) is 6.78. The first-order chi connectivity index (χ1) is 13.5. The van der Waals surface area contributed by atoms with Crippen molar-refractivity contribution in [1.29, 1.82) is 0 Å².